The summed E-state index contributed by atoms with van der Waals surface area (Å²) < 4.78 is 3.42. The van der Waals surface area contributed by atoms with Crippen LogP contribution in [-0.4, -0.2) is 51.1 Å². The molecule has 0 bridgehead atoms. The molecule has 0 atom stereocenters. The molecule has 2 fully saturated rings. The number of hydrogen-bond donors (Lipinski definition) is 1. The van der Waals surface area contributed by atoms with E-state index in [2.05, 4.69) is 15.2 Å². The van der Waals surface area contributed by atoms with Crippen molar-refractivity contribution in [1.82, 2.24) is 24.3 Å². The molecule has 152 valence electrons. The van der Waals surface area contributed by atoms with Crippen LogP contribution >= 0.6 is 0 Å². The molecule has 7 nitrogen and oxygen atoms in total. The van der Waals surface area contributed by atoms with Gasteiger partial charge < -0.3 is 10.2 Å². The Balaban J connectivity index is 1.43. The molecule has 28 heavy (non-hydrogen) atoms. The molecule has 0 unspecified atom stereocenters. The van der Waals surface area contributed by atoms with Crippen molar-refractivity contribution in [2.75, 3.05) is 26.2 Å². The van der Waals surface area contributed by atoms with Gasteiger partial charge in [0.15, 0.2) is 5.65 Å². The summed E-state index contributed by atoms with van der Waals surface area (Å²) in [5, 5.41) is 2.98. The van der Waals surface area contributed by atoms with E-state index in [0.717, 1.165) is 44.2 Å². The minimum atomic E-state index is -0.104. The lowest BCUT2D eigenvalue weighted by atomic mass is 9.95. The van der Waals surface area contributed by atoms with Gasteiger partial charge >= 0.3 is 5.69 Å². The summed E-state index contributed by atoms with van der Waals surface area (Å²) in [5.74, 6) is -0.102. The third-order valence-electron chi connectivity index (χ3n) is 6.14. The first-order chi connectivity index (χ1) is 13.7. The van der Waals surface area contributed by atoms with Crippen molar-refractivity contribution >= 4 is 17.1 Å². The molecule has 4 rings (SSSR count). The molecule has 7 heteroatoms. The number of carbonyl (C=O) groups excluding carboxylic acids is 1. The molecule has 1 saturated carbocycles. The van der Waals surface area contributed by atoms with Crippen molar-refractivity contribution in [3.05, 3.63) is 28.8 Å². The van der Waals surface area contributed by atoms with Gasteiger partial charge in [-0.1, -0.05) is 19.3 Å². The molecule has 1 aliphatic heterocycles. The summed E-state index contributed by atoms with van der Waals surface area (Å²) >= 11 is 0. The highest BCUT2D eigenvalue weighted by Gasteiger charge is 2.23. The highest BCUT2D eigenvalue weighted by Crippen LogP contribution is 2.29. The van der Waals surface area contributed by atoms with E-state index in [1.165, 1.54) is 32.4 Å². The maximum absolute atomic E-state index is 13.1. The molecule has 2 aromatic heterocycles. The Hall–Kier alpha value is -2.15. The maximum Gasteiger partial charge on any atom is 0.331 e. The minimum absolute atomic E-state index is 0.0600. The Bertz CT molecular complexity index is 859. The van der Waals surface area contributed by atoms with Gasteiger partial charge in [-0.3, -0.25) is 13.9 Å². The molecule has 0 aromatic carbocycles. The number of nitrogens with one attached hydrogen (secondary N) is 1. The smallest absolute Gasteiger partial charge is 0.331 e. The summed E-state index contributed by atoms with van der Waals surface area (Å²) in [6, 6.07) is 3.92. The number of rotatable bonds is 7. The van der Waals surface area contributed by atoms with Gasteiger partial charge in [-0.15, -0.1) is 0 Å². The number of nitrogens with zero attached hydrogens (tertiary/aromatic N) is 4. The van der Waals surface area contributed by atoms with Gasteiger partial charge in [0.05, 0.1) is 5.52 Å². The first-order valence-corrected chi connectivity index (χ1v) is 10.8. The molecule has 2 aliphatic rings. The predicted molar refractivity (Wildman–Crippen MR) is 109 cm³/mol. The second-order valence-electron chi connectivity index (χ2n) is 8.13. The van der Waals surface area contributed by atoms with E-state index in [1.54, 1.807) is 10.8 Å². The van der Waals surface area contributed by atoms with Crippen molar-refractivity contribution in [3.8, 4) is 0 Å². The summed E-state index contributed by atoms with van der Waals surface area (Å²) in [5.41, 5.74) is 1.36. The van der Waals surface area contributed by atoms with E-state index < -0.39 is 0 Å². The fourth-order valence-corrected chi connectivity index (χ4v) is 4.67. The van der Waals surface area contributed by atoms with Gasteiger partial charge in [0.2, 0.25) is 5.91 Å². The van der Waals surface area contributed by atoms with Crippen molar-refractivity contribution < 1.29 is 4.79 Å². The molecule has 0 radical (unpaired) electrons. The summed E-state index contributed by atoms with van der Waals surface area (Å²) in [6.45, 7) is 4.10. The van der Waals surface area contributed by atoms with Crippen molar-refractivity contribution in [1.29, 1.82) is 0 Å². The van der Waals surface area contributed by atoms with Crippen LogP contribution in [0.1, 0.15) is 57.4 Å². The van der Waals surface area contributed by atoms with Gasteiger partial charge in [0, 0.05) is 18.8 Å². The quantitative estimate of drug-likeness (QED) is 0.743. The predicted octanol–water partition coefficient (Wildman–Crippen LogP) is 2.31. The van der Waals surface area contributed by atoms with Crippen LogP contribution in [0.5, 0.6) is 0 Å². The molecule has 1 N–H and O–H groups in total. The largest absolute Gasteiger partial charge is 0.354 e. The van der Waals surface area contributed by atoms with Gasteiger partial charge in [-0.05, 0) is 63.9 Å². The molecule has 3 heterocycles. The lowest BCUT2D eigenvalue weighted by Gasteiger charge is -2.22. The minimum Gasteiger partial charge on any atom is -0.354 e. The van der Waals surface area contributed by atoms with Crippen LogP contribution in [0.2, 0.25) is 0 Å². The van der Waals surface area contributed by atoms with Gasteiger partial charge in [-0.2, -0.15) is 0 Å². The highest BCUT2D eigenvalue weighted by molar-refractivity contribution is 5.79. The first-order valence-electron chi connectivity index (χ1n) is 10.8. The van der Waals surface area contributed by atoms with Gasteiger partial charge in [0.1, 0.15) is 6.54 Å². The molecular weight excluding hydrogens is 354 g/mol. The number of amides is 1. The zero-order chi connectivity index (χ0) is 19.3. The normalized spacial score (nSPS) is 18.7. The monoisotopic (exact) mass is 385 g/mol. The molecule has 0 spiro atoms. The topological polar surface area (TPSA) is 72.2 Å². The number of hydrogen-bond acceptors (Lipinski definition) is 4. The number of imidazole rings is 1. The fourth-order valence-electron chi connectivity index (χ4n) is 4.67. The van der Waals surface area contributed by atoms with Crippen LogP contribution in [0.25, 0.3) is 11.2 Å². The first kappa shape index (κ1) is 19.2. The average Bonchev–Trinajstić information content (AvgIpc) is 3.33. The van der Waals surface area contributed by atoms with E-state index >= 15 is 0 Å². The Morgan fingerprint density at radius 3 is 2.71 bits per heavy atom. The van der Waals surface area contributed by atoms with Crippen molar-refractivity contribution in [3.63, 3.8) is 0 Å². The highest BCUT2D eigenvalue weighted by atomic mass is 16.2. The Morgan fingerprint density at radius 2 is 1.93 bits per heavy atom. The van der Waals surface area contributed by atoms with Crippen LogP contribution in [0.15, 0.2) is 23.1 Å². The molecule has 1 amide bonds. The molecule has 1 aliphatic carbocycles. The Labute approximate surface area is 165 Å². The van der Waals surface area contributed by atoms with Crippen LogP contribution in [-0.2, 0) is 11.3 Å². The van der Waals surface area contributed by atoms with Crippen LogP contribution in [0.4, 0.5) is 0 Å². The lowest BCUT2D eigenvalue weighted by molar-refractivity contribution is -0.121. The molecule has 2 aromatic rings. The Morgan fingerprint density at radius 1 is 1.14 bits per heavy atom. The zero-order valence-corrected chi connectivity index (χ0v) is 16.6. The zero-order valence-electron chi connectivity index (χ0n) is 16.6. The number of likely N-dealkylation sites (tertiary alicyclic amines) is 1. The fraction of sp³-hybridized carbons (Fsp3) is 0.667. The third kappa shape index (κ3) is 4.14. The average molecular weight is 386 g/mol. The van der Waals surface area contributed by atoms with Crippen LogP contribution in [0.3, 0.4) is 0 Å². The number of carbonyl (C=O) groups is 1. The number of aromatic nitrogens is 3. The molecule has 1 saturated heterocycles. The number of fused-ring (bicyclic) bond motifs is 1. The standard InChI is InChI=1S/C21H31N5O2/c27-19(22-12-7-15-24-13-4-5-14-24)16-25-18-10-6-11-23-20(18)26(21(25)28)17-8-2-1-3-9-17/h6,10-11,17H,1-5,7-9,12-16H2,(H,22,27). The summed E-state index contributed by atoms with van der Waals surface area (Å²) in [7, 11) is 0. The third-order valence-corrected chi connectivity index (χ3v) is 6.14. The van der Waals surface area contributed by atoms with Crippen LogP contribution in [0, 0.1) is 0 Å². The van der Waals surface area contributed by atoms with Crippen molar-refractivity contribution in [2.24, 2.45) is 0 Å². The second kappa shape index (κ2) is 8.90. The van der Waals surface area contributed by atoms with E-state index in [9.17, 15) is 9.59 Å². The Kier molecular flexibility index (Phi) is 6.10. The van der Waals surface area contributed by atoms with E-state index in [-0.39, 0.29) is 24.2 Å². The van der Waals surface area contributed by atoms with Crippen LogP contribution < -0.4 is 11.0 Å². The molecular formula is C21H31N5O2. The van der Waals surface area contributed by atoms with E-state index in [1.807, 2.05) is 16.7 Å². The lowest BCUT2D eigenvalue weighted by Crippen LogP contribution is -2.35. The SMILES string of the molecule is O=C(Cn1c(=O)n(C2CCCCC2)c2ncccc21)NCCCN1CCCC1. The maximum atomic E-state index is 13.1. The second-order valence-corrected chi connectivity index (χ2v) is 8.13. The van der Waals surface area contributed by atoms with Crippen molar-refractivity contribution in [2.45, 2.75) is 64.0 Å². The van der Waals surface area contributed by atoms with E-state index in [0.29, 0.717) is 12.2 Å². The van der Waals surface area contributed by atoms with Gasteiger partial charge in [0.25, 0.3) is 0 Å². The van der Waals surface area contributed by atoms with E-state index in [4.69, 9.17) is 0 Å². The summed E-state index contributed by atoms with van der Waals surface area (Å²) in [4.78, 5) is 32.5. The van der Waals surface area contributed by atoms with Gasteiger partial charge in [-0.25, -0.2) is 9.78 Å². The number of pyridine rings is 1. The summed E-state index contributed by atoms with van der Waals surface area (Å²) in [6.07, 6.45) is 10.8.